The molecule has 0 aliphatic heterocycles. The molecule has 7 nitrogen and oxygen atoms in total. The van der Waals surface area contributed by atoms with Crippen molar-refractivity contribution in [1.82, 2.24) is 25.2 Å². The first kappa shape index (κ1) is 11.7. The number of hydrazine groups is 1. The number of nitrogen functional groups attached to an aromatic ring is 1. The standard InChI is InChI=1S/C10H7FN6OS/c11-6-4-2-1-3-5(6)9-16-17-7(8(18)13-12)14-15-10(17)19-9/h1-4H,12H2,(H,13,18). The van der Waals surface area contributed by atoms with Gasteiger partial charge in [-0.15, -0.1) is 10.2 Å². The Kier molecular flexibility index (Phi) is 2.69. The molecule has 1 amide bonds. The molecule has 9 heteroatoms. The third-order valence-electron chi connectivity index (χ3n) is 2.43. The zero-order valence-electron chi connectivity index (χ0n) is 9.37. The highest BCUT2D eigenvalue weighted by atomic mass is 32.1. The van der Waals surface area contributed by atoms with Crippen molar-refractivity contribution in [3.63, 3.8) is 0 Å². The van der Waals surface area contributed by atoms with Crippen LogP contribution in [0.1, 0.15) is 10.6 Å². The molecule has 0 unspecified atom stereocenters. The van der Waals surface area contributed by atoms with Crippen LogP contribution >= 0.6 is 11.3 Å². The molecule has 1 aromatic carbocycles. The number of hydrogen-bond donors (Lipinski definition) is 2. The zero-order chi connectivity index (χ0) is 13.4. The molecule has 3 rings (SSSR count). The molecule has 0 spiro atoms. The van der Waals surface area contributed by atoms with E-state index in [-0.39, 0.29) is 5.82 Å². The summed E-state index contributed by atoms with van der Waals surface area (Å²) in [4.78, 5) is 11.8. The van der Waals surface area contributed by atoms with Crippen molar-refractivity contribution >= 4 is 22.2 Å². The Hall–Kier alpha value is -2.39. The van der Waals surface area contributed by atoms with E-state index in [1.165, 1.54) is 10.6 Å². The van der Waals surface area contributed by atoms with E-state index >= 15 is 0 Å². The van der Waals surface area contributed by atoms with Crippen LogP contribution in [0.15, 0.2) is 24.3 Å². The SMILES string of the molecule is NNC(=O)c1nnc2sc(-c3ccccc3F)nn12. The van der Waals surface area contributed by atoms with Crippen LogP contribution in [0.25, 0.3) is 15.5 Å². The van der Waals surface area contributed by atoms with Gasteiger partial charge in [0.1, 0.15) is 5.82 Å². The topological polar surface area (TPSA) is 98.2 Å². The molecule has 0 fully saturated rings. The Balaban J connectivity index is 2.15. The summed E-state index contributed by atoms with van der Waals surface area (Å²) in [6.45, 7) is 0. The predicted octanol–water partition coefficient (Wildman–Crippen LogP) is 0.595. The van der Waals surface area contributed by atoms with Gasteiger partial charge in [-0.2, -0.15) is 9.61 Å². The number of amides is 1. The number of carbonyl (C=O) groups excluding carboxylic acids is 1. The van der Waals surface area contributed by atoms with E-state index in [1.54, 1.807) is 18.2 Å². The van der Waals surface area contributed by atoms with E-state index in [1.807, 2.05) is 5.43 Å². The van der Waals surface area contributed by atoms with E-state index in [0.29, 0.717) is 15.5 Å². The predicted molar refractivity (Wildman–Crippen MR) is 65.7 cm³/mol. The van der Waals surface area contributed by atoms with Crippen LogP contribution in [-0.4, -0.2) is 25.7 Å². The number of fused-ring (bicyclic) bond motifs is 1. The number of aromatic nitrogens is 4. The maximum atomic E-state index is 13.7. The molecule has 0 saturated carbocycles. The van der Waals surface area contributed by atoms with Gasteiger partial charge < -0.3 is 0 Å². The Morgan fingerprint density at radius 2 is 2.16 bits per heavy atom. The van der Waals surface area contributed by atoms with Gasteiger partial charge in [0.15, 0.2) is 5.01 Å². The van der Waals surface area contributed by atoms with Crippen molar-refractivity contribution < 1.29 is 9.18 Å². The molecule has 2 heterocycles. The van der Waals surface area contributed by atoms with E-state index in [2.05, 4.69) is 15.3 Å². The Bertz CT molecular complexity index is 766. The van der Waals surface area contributed by atoms with Crippen LogP contribution in [0.5, 0.6) is 0 Å². The first-order valence-electron chi connectivity index (χ1n) is 5.19. The lowest BCUT2D eigenvalue weighted by Crippen LogP contribution is -2.31. The largest absolute Gasteiger partial charge is 0.304 e. The summed E-state index contributed by atoms with van der Waals surface area (Å²) in [7, 11) is 0. The molecular weight excluding hydrogens is 271 g/mol. The van der Waals surface area contributed by atoms with Crippen molar-refractivity contribution in [3.05, 3.63) is 35.9 Å². The number of benzene rings is 1. The number of carbonyl (C=O) groups is 1. The Morgan fingerprint density at radius 1 is 1.37 bits per heavy atom. The summed E-state index contributed by atoms with van der Waals surface area (Å²) in [6.07, 6.45) is 0. The number of nitrogens with two attached hydrogens (primary N) is 1. The fraction of sp³-hybridized carbons (Fsp3) is 0. The van der Waals surface area contributed by atoms with Crippen molar-refractivity contribution in [3.8, 4) is 10.6 Å². The monoisotopic (exact) mass is 278 g/mol. The van der Waals surface area contributed by atoms with Crippen LogP contribution in [0.4, 0.5) is 4.39 Å². The fourth-order valence-electron chi connectivity index (χ4n) is 1.57. The molecule has 2 aromatic heterocycles. The third-order valence-corrected chi connectivity index (χ3v) is 3.36. The highest BCUT2D eigenvalue weighted by Crippen LogP contribution is 2.27. The fourth-order valence-corrected chi connectivity index (χ4v) is 2.43. The van der Waals surface area contributed by atoms with Gasteiger partial charge in [0, 0.05) is 5.56 Å². The van der Waals surface area contributed by atoms with E-state index in [0.717, 1.165) is 11.3 Å². The lowest BCUT2D eigenvalue weighted by Gasteiger charge is -1.96. The van der Waals surface area contributed by atoms with Gasteiger partial charge in [0.05, 0.1) is 0 Å². The molecule has 0 aliphatic carbocycles. The van der Waals surface area contributed by atoms with Crippen LogP contribution in [0.3, 0.4) is 0 Å². The second-order valence-electron chi connectivity index (χ2n) is 3.58. The van der Waals surface area contributed by atoms with Crippen LogP contribution in [0, 0.1) is 5.82 Å². The Labute approximate surface area is 109 Å². The highest BCUT2D eigenvalue weighted by Gasteiger charge is 2.18. The van der Waals surface area contributed by atoms with Gasteiger partial charge in [-0.05, 0) is 12.1 Å². The number of nitrogens with zero attached hydrogens (tertiary/aromatic N) is 4. The summed E-state index contributed by atoms with van der Waals surface area (Å²) < 4.78 is 14.9. The van der Waals surface area contributed by atoms with Crippen LogP contribution < -0.4 is 11.3 Å². The van der Waals surface area contributed by atoms with Gasteiger partial charge in [-0.1, -0.05) is 23.5 Å². The minimum Gasteiger partial charge on any atom is -0.287 e. The molecule has 19 heavy (non-hydrogen) atoms. The molecule has 0 atom stereocenters. The normalized spacial score (nSPS) is 10.8. The van der Waals surface area contributed by atoms with Gasteiger partial charge in [0.25, 0.3) is 0 Å². The second-order valence-corrected chi connectivity index (χ2v) is 4.53. The molecular formula is C10H7FN6OS. The zero-order valence-corrected chi connectivity index (χ0v) is 10.2. The maximum absolute atomic E-state index is 13.7. The summed E-state index contributed by atoms with van der Waals surface area (Å²) in [5.74, 6) is 3.98. The lowest BCUT2D eigenvalue weighted by atomic mass is 10.2. The van der Waals surface area contributed by atoms with E-state index < -0.39 is 11.7 Å². The number of halogens is 1. The minimum atomic E-state index is -0.613. The number of rotatable bonds is 2. The third kappa shape index (κ3) is 1.84. The second kappa shape index (κ2) is 4.37. The van der Waals surface area contributed by atoms with E-state index in [9.17, 15) is 9.18 Å². The molecule has 0 aliphatic rings. The van der Waals surface area contributed by atoms with Crippen molar-refractivity contribution in [1.29, 1.82) is 0 Å². The van der Waals surface area contributed by atoms with Gasteiger partial charge >= 0.3 is 5.91 Å². The van der Waals surface area contributed by atoms with E-state index in [4.69, 9.17) is 5.84 Å². The maximum Gasteiger partial charge on any atom is 0.304 e. The summed E-state index contributed by atoms with van der Waals surface area (Å²) in [6, 6.07) is 6.23. The lowest BCUT2D eigenvalue weighted by molar-refractivity contribution is 0.0941. The Morgan fingerprint density at radius 3 is 2.89 bits per heavy atom. The molecule has 3 N–H and O–H groups in total. The molecule has 96 valence electrons. The summed E-state index contributed by atoms with van der Waals surface area (Å²) >= 11 is 1.13. The van der Waals surface area contributed by atoms with Crippen molar-refractivity contribution in [2.45, 2.75) is 0 Å². The molecule has 0 saturated heterocycles. The van der Waals surface area contributed by atoms with Gasteiger partial charge in [-0.3, -0.25) is 10.2 Å². The van der Waals surface area contributed by atoms with Gasteiger partial charge in [-0.25, -0.2) is 10.2 Å². The van der Waals surface area contributed by atoms with Crippen molar-refractivity contribution in [2.75, 3.05) is 0 Å². The average molecular weight is 278 g/mol. The highest BCUT2D eigenvalue weighted by molar-refractivity contribution is 7.19. The minimum absolute atomic E-state index is 0.0451. The van der Waals surface area contributed by atoms with Crippen molar-refractivity contribution in [2.24, 2.45) is 5.84 Å². The summed E-state index contributed by atoms with van der Waals surface area (Å²) in [5, 5.41) is 12.0. The smallest absolute Gasteiger partial charge is 0.287 e. The number of hydrogen-bond acceptors (Lipinski definition) is 6. The summed E-state index contributed by atoms with van der Waals surface area (Å²) in [5.41, 5.74) is 2.29. The quantitative estimate of drug-likeness (QED) is 0.406. The van der Waals surface area contributed by atoms with Gasteiger partial charge in [0.2, 0.25) is 10.8 Å². The average Bonchev–Trinajstić information content (AvgIpc) is 2.98. The first-order chi connectivity index (χ1) is 9.20. The first-order valence-corrected chi connectivity index (χ1v) is 6.00. The number of nitrogens with one attached hydrogen (secondary N) is 1. The van der Waals surface area contributed by atoms with Crippen LogP contribution in [-0.2, 0) is 0 Å². The molecule has 0 bridgehead atoms. The molecule has 0 radical (unpaired) electrons. The van der Waals surface area contributed by atoms with Crippen LogP contribution in [0.2, 0.25) is 0 Å². The molecule has 3 aromatic rings.